The largest absolute Gasteiger partial charge is 0.394 e. The number of hydrogen-bond acceptors (Lipinski definition) is 4. The van der Waals surface area contributed by atoms with Crippen molar-refractivity contribution in [2.75, 3.05) is 6.61 Å². The highest BCUT2D eigenvalue weighted by Gasteiger charge is 2.09. The lowest BCUT2D eigenvalue weighted by atomic mass is 10.1. The van der Waals surface area contributed by atoms with Crippen molar-refractivity contribution in [3.8, 4) is 6.07 Å². The first kappa shape index (κ1) is 12.8. The van der Waals surface area contributed by atoms with Crippen LogP contribution in [-0.2, 0) is 6.54 Å². The summed E-state index contributed by atoms with van der Waals surface area (Å²) in [5.41, 5.74) is 1.76. The van der Waals surface area contributed by atoms with Crippen molar-refractivity contribution in [2.24, 2.45) is 0 Å². The molecule has 0 radical (unpaired) electrons. The molecule has 0 saturated carbocycles. The van der Waals surface area contributed by atoms with E-state index >= 15 is 0 Å². The second-order valence-electron chi connectivity index (χ2n) is 3.94. The van der Waals surface area contributed by atoms with Crippen molar-refractivity contribution < 1.29 is 5.11 Å². The number of nitriles is 1. The van der Waals surface area contributed by atoms with Crippen LogP contribution in [0.25, 0.3) is 0 Å². The first-order valence-electron chi connectivity index (χ1n) is 5.70. The van der Waals surface area contributed by atoms with Gasteiger partial charge in [0.2, 0.25) is 0 Å². The standard InChI is InChI=1S/C14H14N2OS/c15-7-11-6-13(18-10-11)8-16-14(9-17)12-4-2-1-3-5-12/h1-6,10,14,16-17H,8-9H2. The van der Waals surface area contributed by atoms with Crippen molar-refractivity contribution in [3.05, 3.63) is 57.8 Å². The van der Waals surface area contributed by atoms with Gasteiger partial charge < -0.3 is 10.4 Å². The number of thiophene rings is 1. The molecule has 1 heterocycles. The van der Waals surface area contributed by atoms with Crippen LogP contribution in [0, 0.1) is 11.3 Å². The van der Waals surface area contributed by atoms with Gasteiger partial charge in [0.25, 0.3) is 0 Å². The Morgan fingerprint density at radius 1 is 1.33 bits per heavy atom. The van der Waals surface area contributed by atoms with E-state index in [1.54, 1.807) is 11.3 Å². The van der Waals surface area contributed by atoms with Crippen molar-refractivity contribution in [2.45, 2.75) is 12.6 Å². The summed E-state index contributed by atoms with van der Waals surface area (Å²) in [6, 6.07) is 13.8. The predicted octanol–water partition coefficient (Wildman–Crippen LogP) is 2.44. The van der Waals surface area contributed by atoms with E-state index in [2.05, 4.69) is 11.4 Å². The Hall–Kier alpha value is -1.67. The fourth-order valence-corrected chi connectivity index (χ4v) is 2.49. The fraction of sp³-hybridized carbons (Fsp3) is 0.214. The number of aliphatic hydroxyl groups is 1. The molecule has 92 valence electrons. The molecule has 0 bridgehead atoms. The van der Waals surface area contributed by atoms with Crippen LogP contribution in [-0.4, -0.2) is 11.7 Å². The average molecular weight is 258 g/mol. The molecule has 0 aliphatic rings. The number of nitrogens with zero attached hydrogens (tertiary/aromatic N) is 1. The Labute approximate surface area is 110 Å². The molecule has 4 heteroatoms. The van der Waals surface area contributed by atoms with Crippen molar-refractivity contribution >= 4 is 11.3 Å². The van der Waals surface area contributed by atoms with Gasteiger partial charge in [0.05, 0.1) is 18.2 Å². The second-order valence-corrected chi connectivity index (χ2v) is 4.94. The summed E-state index contributed by atoms with van der Waals surface area (Å²) in [5.74, 6) is 0. The zero-order chi connectivity index (χ0) is 12.8. The van der Waals surface area contributed by atoms with E-state index in [1.807, 2.05) is 41.8 Å². The molecule has 0 amide bonds. The Morgan fingerprint density at radius 3 is 2.72 bits per heavy atom. The van der Waals surface area contributed by atoms with Gasteiger partial charge in [-0.3, -0.25) is 0 Å². The highest BCUT2D eigenvalue weighted by Crippen LogP contribution is 2.16. The van der Waals surface area contributed by atoms with Gasteiger partial charge in [0.1, 0.15) is 6.07 Å². The maximum atomic E-state index is 9.40. The first-order valence-corrected chi connectivity index (χ1v) is 6.58. The van der Waals surface area contributed by atoms with E-state index in [-0.39, 0.29) is 12.6 Å². The van der Waals surface area contributed by atoms with Gasteiger partial charge in [-0.15, -0.1) is 11.3 Å². The van der Waals surface area contributed by atoms with E-state index < -0.39 is 0 Å². The quantitative estimate of drug-likeness (QED) is 0.866. The van der Waals surface area contributed by atoms with Gasteiger partial charge in [-0.25, -0.2) is 0 Å². The van der Waals surface area contributed by atoms with Crippen LogP contribution in [0.15, 0.2) is 41.8 Å². The minimum atomic E-state index is -0.0705. The fourth-order valence-electron chi connectivity index (χ4n) is 1.73. The first-order chi connectivity index (χ1) is 8.83. The number of nitrogens with one attached hydrogen (secondary N) is 1. The van der Waals surface area contributed by atoms with E-state index in [9.17, 15) is 5.11 Å². The summed E-state index contributed by atoms with van der Waals surface area (Å²) in [6.07, 6.45) is 0. The Bertz CT molecular complexity index is 530. The third-order valence-corrected chi connectivity index (χ3v) is 3.63. The molecule has 0 spiro atoms. The third-order valence-electron chi connectivity index (χ3n) is 2.69. The number of benzene rings is 1. The van der Waals surface area contributed by atoms with Crippen LogP contribution < -0.4 is 5.32 Å². The molecule has 1 aromatic heterocycles. The number of rotatable bonds is 5. The van der Waals surface area contributed by atoms with Gasteiger partial charge in [0, 0.05) is 16.8 Å². The minimum absolute atomic E-state index is 0.0560. The van der Waals surface area contributed by atoms with Crippen LogP contribution in [0.4, 0.5) is 0 Å². The van der Waals surface area contributed by atoms with Gasteiger partial charge >= 0.3 is 0 Å². The Kier molecular flexibility index (Phi) is 4.48. The summed E-state index contributed by atoms with van der Waals surface area (Å²) in [5, 5.41) is 23.3. The Morgan fingerprint density at radius 2 is 2.11 bits per heavy atom. The van der Waals surface area contributed by atoms with Crippen LogP contribution in [0.1, 0.15) is 22.0 Å². The lowest BCUT2D eigenvalue weighted by Gasteiger charge is -2.15. The summed E-state index contributed by atoms with van der Waals surface area (Å²) in [4.78, 5) is 1.10. The molecule has 1 unspecified atom stereocenters. The van der Waals surface area contributed by atoms with Crippen molar-refractivity contribution in [1.29, 1.82) is 5.26 Å². The molecule has 1 atom stereocenters. The summed E-state index contributed by atoms with van der Waals surface area (Å²) in [7, 11) is 0. The topological polar surface area (TPSA) is 56.0 Å². The zero-order valence-electron chi connectivity index (χ0n) is 9.84. The third kappa shape index (κ3) is 3.17. The number of aliphatic hydroxyl groups excluding tert-OH is 1. The molecule has 3 nitrogen and oxygen atoms in total. The number of hydrogen-bond donors (Lipinski definition) is 2. The van der Waals surface area contributed by atoms with Crippen molar-refractivity contribution in [3.63, 3.8) is 0 Å². The summed E-state index contributed by atoms with van der Waals surface area (Å²) < 4.78 is 0. The lowest BCUT2D eigenvalue weighted by molar-refractivity contribution is 0.244. The van der Waals surface area contributed by atoms with E-state index in [4.69, 9.17) is 5.26 Å². The van der Waals surface area contributed by atoms with Gasteiger partial charge in [-0.05, 0) is 11.6 Å². The molecule has 2 aromatic rings. The smallest absolute Gasteiger partial charge is 0.100 e. The molecule has 1 aromatic carbocycles. The SMILES string of the molecule is N#Cc1csc(CNC(CO)c2ccccc2)c1. The Balaban J connectivity index is 1.98. The summed E-state index contributed by atoms with van der Waals surface area (Å²) >= 11 is 1.56. The molecule has 0 aliphatic heterocycles. The van der Waals surface area contributed by atoms with Crippen LogP contribution in [0.3, 0.4) is 0 Å². The molecular formula is C14H14N2OS. The monoisotopic (exact) mass is 258 g/mol. The second kappa shape index (κ2) is 6.31. The van der Waals surface area contributed by atoms with Gasteiger partial charge in [-0.1, -0.05) is 30.3 Å². The molecule has 0 saturated heterocycles. The minimum Gasteiger partial charge on any atom is -0.394 e. The van der Waals surface area contributed by atoms with E-state index in [1.165, 1.54) is 0 Å². The van der Waals surface area contributed by atoms with Crippen LogP contribution >= 0.6 is 11.3 Å². The van der Waals surface area contributed by atoms with Crippen LogP contribution in [0.2, 0.25) is 0 Å². The highest BCUT2D eigenvalue weighted by molar-refractivity contribution is 7.10. The van der Waals surface area contributed by atoms with E-state index in [0.717, 1.165) is 10.4 Å². The predicted molar refractivity (Wildman–Crippen MR) is 72.1 cm³/mol. The van der Waals surface area contributed by atoms with E-state index in [0.29, 0.717) is 12.1 Å². The zero-order valence-corrected chi connectivity index (χ0v) is 10.7. The molecule has 0 fully saturated rings. The summed E-state index contributed by atoms with van der Waals surface area (Å²) in [6.45, 7) is 0.715. The van der Waals surface area contributed by atoms with Crippen molar-refractivity contribution in [1.82, 2.24) is 5.32 Å². The average Bonchev–Trinajstić information content (AvgIpc) is 2.89. The van der Waals surface area contributed by atoms with Gasteiger partial charge in [0.15, 0.2) is 0 Å². The van der Waals surface area contributed by atoms with Gasteiger partial charge in [-0.2, -0.15) is 5.26 Å². The highest BCUT2D eigenvalue weighted by atomic mass is 32.1. The molecule has 18 heavy (non-hydrogen) atoms. The molecule has 2 N–H and O–H groups in total. The maximum Gasteiger partial charge on any atom is 0.100 e. The molecule has 2 rings (SSSR count). The maximum absolute atomic E-state index is 9.40. The lowest BCUT2D eigenvalue weighted by Crippen LogP contribution is -2.23. The molecular weight excluding hydrogens is 244 g/mol. The van der Waals surface area contributed by atoms with Crippen LogP contribution in [0.5, 0.6) is 0 Å². The normalized spacial score (nSPS) is 12.0. The molecule has 0 aliphatic carbocycles.